The lowest BCUT2D eigenvalue weighted by atomic mass is 10.2. The predicted molar refractivity (Wildman–Crippen MR) is 89.8 cm³/mol. The summed E-state index contributed by atoms with van der Waals surface area (Å²) in [6.45, 7) is 1.87. The first-order valence-electron chi connectivity index (χ1n) is 7.15. The fourth-order valence-corrected chi connectivity index (χ4v) is 3.32. The van der Waals surface area contributed by atoms with Crippen LogP contribution in [0.1, 0.15) is 15.9 Å². The Morgan fingerprint density at radius 1 is 1.17 bits per heavy atom. The fraction of sp³-hybridized carbons (Fsp3) is 0.118. The number of thioether (sulfide) groups is 1. The minimum absolute atomic E-state index is 0.0626. The summed E-state index contributed by atoms with van der Waals surface area (Å²) in [6.07, 6.45) is 0. The minimum Gasteiger partial charge on any atom is -0.545 e. The molecule has 1 unspecified atom stereocenters. The first-order chi connectivity index (χ1) is 11.5. The highest BCUT2D eigenvalue weighted by Crippen LogP contribution is 2.33. The number of benzene rings is 2. The van der Waals surface area contributed by atoms with Gasteiger partial charge in [0, 0.05) is 11.3 Å². The average Bonchev–Trinajstić information content (AvgIpc) is 2.81. The van der Waals surface area contributed by atoms with Gasteiger partial charge < -0.3 is 15.2 Å². The van der Waals surface area contributed by atoms with Crippen LogP contribution in [0.5, 0.6) is 0 Å². The largest absolute Gasteiger partial charge is 0.545 e. The summed E-state index contributed by atoms with van der Waals surface area (Å²) in [4.78, 5) is 37.0. The average molecular weight is 341 g/mol. The van der Waals surface area contributed by atoms with Crippen molar-refractivity contribution in [3.8, 4) is 0 Å². The second-order valence-electron chi connectivity index (χ2n) is 5.25. The molecule has 0 aliphatic carbocycles. The highest BCUT2D eigenvalue weighted by atomic mass is 32.2. The van der Waals surface area contributed by atoms with E-state index in [0.29, 0.717) is 5.69 Å². The molecule has 1 aliphatic rings. The van der Waals surface area contributed by atoms with Crippen molar-refractivity contribution in [2.75, 3.05) is 10.2 Å². The Kier molecular flexibility index (Phi) is 4.26. The second kappa shape index (κ2) is 6.37. The number of carboxylic acids is 1. The van der Waals surface area contributed by atoms with Gasteiger partial charge in [-0.15, -0.1) is 0 Å². The summed E-state index contributed by atoms with van der Waals surface area (Å²) in [7, 11) is 0. The van der Waals surface area contributed by atoms with Gasteiger partial charge >= 0.3 is 0 Å². The Hall–Kier alpha value is -2.80. The highest BCUT2D eigenvalue weighted by molar-refractivity contribution is 8.16. The summed E-state index contributed by atoms with van der Waals surface area (Å²) in [5.74, 6) is -1.79. The second-order valence-corrected chi connectivity index (χ2v) is 6.31. The third kappa shape index (κ3) is 2.98. The van der Waals surface area contributed by atoms with Gasteiger partial charge in [-0.05, 0) is 42.4 Å². The van der Waals surface area contributed by atoms with Gasteiger partial charge in [-0.1, -0.05) is 30.3 Å². The van der Waals surface area contributed by atoms with Crippen LogP contribution in [0, 0.1) is 6.92 Å². The molecule has 0 radical (unpaired) electrons. The Morgan fingerprint density at radius 2 is 1.92 bits per heavy atom. The van der Waals surface area contributed by atoms with Crippen molar-refractivity contribution in [2.45, 2.75) is 12.3 Å². The van der Waals surface area contributed by atoms with Crippen molar-refractivity contribution in [1.29, 1.82) is 0 Å². The number of carboxylic acid groups (broad SMARTS) is 1. The van der Waals surface area contributed by atoms with Crippen LogP contribution >= 0.6 is 11.8 Å². The van der Waals surface area contributed by atoms with Gasteiger partial charge in [-0.2, -0.15) is 0 Å². The quantitative estimate of drug-likeness (QED) is 0.915. The monoisotopic (exact) mass is 341 g/mol. The van der Waals surface area contributed by atoms with Crippen LogP contribution in [0.15, 0.2) is 48.5 Å². The van der Waals surface area contributed by atoms with Crippen molar-refractivity contribution in [2.24, 2.45) is 0 Å². The van der Waals surface area contributed by atoms with Gasteiger partial charge in [0.05, 0.1) is 11.7 Å². The Labute approximate surface area is 142 Å². The molecule has 0 aromatic heterocycles. The number of anilines is 2. The number of imide groups is 1. The van der Waals surface area contributed by atoms with E-state index in [1.54, 1.807) is 30.3 Å². The minimum atomic E-state index is -1.35. The molecule has 1 saturated heterocycles. The summed E-state index contributed by atoms with van der Waals surface area (Å²) in [5, 5.41) is 12.7. The third-order valence-electron chi connectivity index (χ3n) is 3.54. The molecular formula is C17H13N2O4S-. The molecule has 2 amide bonds. The molecule has 0 spiro atoms. The number of aromatic carboxylic acids is 1. The van der Waals surface area contributed by atoms with E-state index >= 15 is 0 Å². The maximum atomic E-state index is 12.6. The number of carbonyl (C=O) groups excluding carboxylic acids is 3. The highest BCUT2D eigenvalue weighted by Gasteiger charge is 2.40. The summed E-state index contributed by atoms with van der Waals surface area (Å²) in [5.41, 5.74) is 1.60. The molecule has 0 bridgehead atoms. The van der Waals surface area contributed by atoms with E-state index in [4.69, 9.17) is 0 Å². The zero-order valence-electron chi connectivity index (χ0n) is 12.7. The fourth-order valence-electron chi connectivity index (χ4n) is 2.43. The van der Waals surface area contributed by atoms with E-state index in [1.807, 2.05) is 13.0 Å². The van der Waals surface area contributed by atoms with Crippen LogP contribution in [0.25, 0.3) is 0 Å². The van der Waals surface area contributed by atoms with E-state index in [1.165, 1.54) is 12.1 Å². The van der Waals surface area contributed by atoms with Crippen molar-refractivity contribution in [3.05, 3.63) is 59.7 Å². The molecule has 0 saturated carbocycles. The zero-order chi connectivity index (χ0) is 17.3. The van der Waals surface area contributed by atoms with Crippen molar-refractivity contribution in [3.63, 3.8) is 0 Å². The number of aryl methyl sites for hydroxylation is 1. The molecule has 2 aromatic carbocycles. The number of nitrogens with zero attached hydrogens (tertiary/aromatic N) is 1. The maximum absolute atomic E-state index is 12.6. The van der Waals surface area contributed by atoms with Crippen LogP contribution in [-0.2, 0) is 4.79 Å². The molecule has 1 fully saturated rings. The topological polar surface area (TPSA) is 89.5 Å². The van der Waals surface area contributed by atoms with Crippen molar-refractivity contribution >= 4 is 40.3 Å². The lowest BCUT2D eigenvalue weighted by molar-refractivity contribution is -0.254. The molecule has 122 valence electrons. The van der Waals surface area contributed by atoms with E-state index in [0.717, 1.165) is 22.2 Å². The van der Waals surface area contributed by atoms with Crippen LogP contribution in [-0.4, -0.2) is 22.5 Å². The van der Waals surface area contributed by atoms with Gasteiger partial charge in [0.1, 0.15) is 0 Å². The molecule has 3 rings (SSSR count). The number of hydrogen-bond acceptors (Lipinski definition) is 6. The normalized spacial score (nSPS) is 17.2. The number of amides is 2. The number of hydrogen-bond donors (Lipinski definition) is 1. The molecular weight excluding hydrogens is 328 g/mol. The Morgan fingerprint density at radius 3 is 2.62 bits per heavy atom. The summed E-state index contributed by atoms with van der Waals surface area (Å²) < 4.78 is 0. The van der Waals surface area contributed by atoms with Gasteiger partial charge in [-0.25, -0.2) is 4.90 Å². The van der Waals surface area contributed by atoms with E-state index < -0.39 is 22.5 Å². The van der Waals surface area contributed by atoms with Crippen molar-refractivity contribution in [1.82, 2.24) is 0 Å². The van der Waals surface area contributed by atoms with Gasteiger partial charge in [0.15, 0.2) is 5.37 Å². The van der Waals surface area contributed by atoms with Gasteiger partial charge in [-0.3, -0.25) is 9.59 Å². The summed E-state index contributed by atoms with van der Waals surface area (Å²) >= 11 is 0.811. The van der Waals surface area contributed by atoms with Crippen LogP contribution in [0.4, 0.5) is 16.2 Å². The lowest BCUT2D eigenvalue weighted by Crippen LogP contribution is -2.35. The van der Waals surface area contributed by atoms with E-state index in [-0.39, 0.29) is 11.3 Å². The zero-order valence-corrected chi connectivity index (χ0v) is 13.5. The van der Waals surface area contributed by atoms with Crippen molar-refractivity contribution < 1.29 is 19.5 Å². The Bertz CT molecular complexity index is 837. The molecule has 6 nitrogen and oxygen atoms in total. The molecule has 7 heteroatoms. The lowest BCUT2D eigenvalue weighted by Gasteiger charge is -2.17. The third-order valence-corrected chi connectivity index (χ3v) is 4.48. The smallest absolute Gasteiger partial charge is 0.295 e. The van der Waals surface area contributed by atoms with E-state index in [9.17, 15) is 19.5 Å². The van der Waals surface area contributed by atoms with E-state index in [2.05, 4.69) is 5.32 Å². The predicted octanol–water partition coefficient (Wildman–Crippen LogP) is 2.00. The molecule has 1 N–H and O–H groups in total. The number of nitrogens with one attached hydrogen (secondary N) is 1. The standard InChI is InChI=1S/C17H14N2O4S/c1-10-5-4-6-11(9-10)19-15(20)14(24-17(19)23)18-13-8-3-2-7-12(13)16(21)22/h2-9,14,18H,1H3,(H,21,22)/p-1. The molecule has 2 aromatic rings. The SMILES string of the molecule is Cc1cccc(N2C(=O)SC(Nc3ccccc3C(=O)[O-])C2=O)c1. The first kappa shape index (κ1) is 16.1. The molecule has 1 atom stereocenters. The van der Waals surface area contributed by atoms with Crippen LogP contribution in [0.2, 0.25) is 0 Å². The Balaban J connectivity index is 1.86. The molecule has 24 heavy (non-hydrogen) atoms. The van der Waals surface area contributed by atoms with Crippen LogP contribution in [0.3, 0.4) is 0 Å². The molecule has 1 heterocycles. The number of para-hydroxylation sites is 1. The number of rotatable bonds is 4. The van der Waals surface area contributed by atoms with Crippen LogP contribution < -0.4 is 15.3 Å². The summed E-state index contributed by atoms with van der Waals surface area (Å²) in [6, 6.07) is 13.2. The van der Waals surface area contributed by atoms with Gasteiger partial charge in [0.25, 0.3) is 11.1 Å². The number of carbonyl (C=O) groups is 3. The molecule has 1 aliphatic heterocycles. The maximum Gasteiger partial charge on any atom is 0.295 e. The van der Waals surface area contributed by atoms with Gasteiger partial charge in [0.2, 0.25) is 0 Å². The first-order valence-corrected chi connectivity index (χ1v) is 8.03.